The van der Waals surface area contributed by atoms with Gasteiger partial charge in [0.2, 0.25) is 0 Å². The lowest BCUT2D eigenvalue weighted by Gasteiger charge is -2.08. The summed E-state index contributed by atoms with van der Waals surface area (Å²) in [6.07, 6.45) is -0.00255. The summed E-state index contributed by atoms with van der Waals surface area (Å²) in [5, 5.41) is 16.9. The third-order valence-electron chi connectivity index (χ3n) is 2.41. The molecule has 0 radical (unpaired) electrons. The molecular formula is C11H13N3O2. The Hall–Kier alpha value is -1.91. The molecular weight excluding hydrogens is 206 g/mol. The molecule has 2 aromatic rings. The summed E-state index contributed by atoms with van der Waals surface area (Å²) in [6.45, 7) is 3.98. The Morgan fingerprint density at radius 3 is 2.88 bits per heavy atom. The van der Waals surface area contributed by atoms with Crippen LogP contribution in [0.1, 0.15) is 25.5 Å². The first-order valence-corrected chi connectivity index (χ1v) is 5.14. The van der Waals surface area contributed by atoms with Crippen molar-refractivity contribution in [1.29, 1.82) is 0 Å². The number of hydrogen-bond donors (Lipinski definition) is 1. The van der Waals surface area contributed by atoms with Crippen LogP contribution in [0, 0.1) is 0 Å². The standard InChI is InChI=1S/C11H13N3O2/c1-7(2)14-11-8(6-10(15)16)4-3-5-9(11)12-13-14/h3-5,7H,6H2,1-2H3,(H,15,16). The second kappa shape index (κ2) is 3.92. The minimum Gasteiger partial charge on any atom is -0.481 e. The van der Waals surface area contributed by atoms with E-state index in [1.54, 1.807) is 16.8 Å². The van der Waals surface area contributed by atoms with E-state index >= 15 is 0 Å². The molecule has 0 aliphatic heterocycles. The summed E-state index contributed by atoms with van der Waals surface area (Å²) in [7, 11) is 0. The summed E-state index contributed by atoms with van der Waals surface area (Å²) >= 11 is 0. The molecule has 84 valence electrons. The molecule has 0 saturated carbocycles. The highest BCUT2D eigenvalue weighted by molar-refractivity contribution is 5.83. The maximum absolute atomic E-state index is 10.8. The molecule has 1 heterocycles. The van der Waals surface area contributed by atoms with E-state index in [1.165, 1.54) is 0 Å². The summed E-state index contributed by atoms with van der Waals surface area (Å²) in [5.74, 6) is -0.844. The van der Waals surface area contributed by atoms with Crippen molar-refractivity contribution in [1.82, 2.24) is 15.0 Å². The molecule has 1 aromatic heterocycles. The first-order valence-electron chi connectivity index (χ1n) is 5.14. The van der Waals surface area contributed by atoms with Crippen LogP contribution in [0.5, 0.6) is 0 Å². The number of benzene rings is 1. The van der Waals surface area contributed by atoms with E-state index in [4.69, 9.17) is 5.11 Å². The highest BCUT2D eigenvalue weighted by Crippen LogP contribution is 2.20. The van der Waals surface area contributed by atoms with Crippen molar-refractivity contribution in [2.75, 3.05) is 0 Å². The molecule has 2 rings (SSSR count). The van der Waals surface area contributed by atoms with Gasteiger partial charge in [0, 0.05) is 6.04 Å². The molecule has 0 aliphatic rings. The van der Waals surface area contributed by atoms with E-state index in [-0.39, 0.29) is 12.5 Å². The molecule has 0 bridgehead atoms. The number of carboxylic acid groups (broad SMARTS) is 1. The van der Waals surface area contributed by atoms with Gasteiger partial charge in [0.15, 0.2) is 0 Å². The Morgan fingerprint density at radius 1 is 1.50 bits per heavy atom. The average Bonchev–Trinajstić information content (AvgIpc) is 2.61. The van der Waals surface area contributed by atoms with Crippen LogP contribution in [-0.4, -0.2) is 26.1 Å². The van der Waals surface area contributed by atoms with Gasteiger partial charge in [0.05, 0.1) is 11.9 Å². The number of aliphatic carboxylic acids is 1. The van der Waals surface area contributed by atoms with Crippen molar-refractivity contribution in [3.05, 3.63) is 23.8 Å². The van der Waals surface area contributed by atoms with Crippen LogP contribution in [0.15, 0.2) is 18.2 Å². The summed E-state index contributed by atoms with van der Waals surface area (Å²) in [6, 6.07) is 5.62. The van der Waals surface area contributed by atoms with Gasteiger partial charge in [-0.05, 0) is 25.5 Å². The van der Waals surface area contributed by atoms with Crippen LogP contribution in [0.2, 0.25) is 0 Å². The molecule has 5 nitrogen and oxygen atoms in total. The lowest BCUT2D eigenvalue weighted by molar-refractivity contribution is -0.136. The molecule has 0 amide bonds. The Bertz CT molecular complexity index is 531. The van der Waals surface area contributed by atoms with Crippen molar-refractivity contribution in [2.45, 2.75) is 26.3 Å². The second-order valence-corrected chi connectivity index (χ2v) is 3.98. The number of fused-ring (bicyclic) bond motifs is 1. The Kier molecular flexibility index (Phi) is 2.60. The third-order valence-corrected chi connectivity index (χ3v) is 2.41. The van der Waals surface area contributed by atoms with E-state index in [9.17, 15) is 4.79 Å². The van der Waals surface area contributed by atoms with Gasteiger partial charge in [-0.1, -0.05) is 17.3 Å². The number of nitrogens with zero attached hydrogens (tertiary/aromatic N) is 3. The molecule has 0 unspecified atom stereocenters. The zero-order chi connectivity index (χ0) is 11.7. The molecule has 0 fully saturated rings. The molecule has 5 heteroatoms. The Labute approximate surface area is 92.7 Å². The SMILES string of the molecule is CC(C)n1nnc2cccc(CC(=O)O)c21. The van der Waals surface area contributed by atoms with E-state index in [2.05, 4.69) is 10.3 Å². The minimum absolute atomic E-state index is 0.00255. The highest BCUT2D eigenvalue weighted by Gasteiger charge is 2.13. The number of carboxylic acids is 1. The highest BCUT2D eigenvalue weighted by atomic mass is 16.4. The van der Waals surface area contributed by atoms with Crippen molar-refractivity contribution in [2.24, 2.45) is 0 Å². The first-order chi connectivity index (χ1) is 7.59. The fourth-order valence-corrected chi connectivity index (χ4v) is 1.73. The third kappa shape index (κ3) is 1.76. The lowest BCUT2D eigenvalue weighted by atomic mass is 10.1. The summed E-state index contributed by atoms with van der Waals surface area (Å²) < 4.78 is 1.76. The van der Waals surface area contributed by atoms with E-state index in [0.29, 0.717) is 0 Å². The van der Waals surface area contributed by atoms with Gasteiger partial charge in [-0.25, -0.2) is 4.68 Å². The Balaban J connectivity index is 2.63. The number of para-hydroxylation sites is 1. The van der Waals surface area contributed by atoms with Gasteiger partial charge in [-0.2, -0.15) is 0 Å². The molecule has 1 aromatic carbocycles. The van der Waals surface area contributed by atoms with Gasteiger partial charge in [0.1, 0.15) is 5.52 Å². The van der Waals surface area contributed by atoms with E-state index in [1.807, 2.05) is 19.9 Å². The van der Waals surface area contributed by atoms with Crippen molar-refractivity contribution in [3.8, 4) is 0 Å². The quantitative estimate of drug-likeness (QED) is 0.852. The minimum atomic E-state index is -0.844. The van der Waals surface area contributed by atoms with Crippen molar-refractivity contribution in [3.63, 3.8) is 0 Å². The number of carbonyl (C=O) groups is 1. The van der Waals surface area contributed by atoms with E-state index in [0.717, 1.165) is 16.6 Å². The van der Waals surface area contributed by atoms with Gasteiger partial charge in [0.25, 0.3) is 0 Å². The van der Waals surface area contributed by atoms with Crippen LogP contribution < -0.4 is 0 Å². The maximum Gasteiger partial charge on any atom is 0.307 e. The zero-order valence-electron chi connectivity index (χ0n) is 9.21. The normalized spacial score (nSPS) is 11.2. The van der Waals surface area contributed by atoms with Gasteiger partial charge in [-0.15, -0.1) is 5.10 Å². The van der Waals surface area contributed by atoms with Crippen molar-refractivity contribution >= 4 is 17.0 Å². The molecule has 0 atom stereocenters. The predicted octanol–water partition coefficient (Wildman–Crippen LogP) is 1.64. The van der Waals surface area contributed by atoms with Crippen LogP contribution in [0.25, 0.3) is 11.0 Å². The monoisotopic (exact) mass is 219 g/mol. The van der Waals surface area contributed by atoms with Crippen LogP contribution in [0.4, 0.5) is 0 Å². The molecule has 0 saturated heterocycles. The topological polar surface area (TPSA) is 68.0 Å². The first kappa shape index (κ1) is 10.6. The fourth-order valence-electron chi connectivity index (χ4n) is 1.73. The molecule has 1 N–H and O–H groups in total. The predicted molar refractivity (Wildman–Crippen MR) is 59.3 cm³/mol. The molecule has 16 heavy (non-hydrogen) atoms. The van der Waals surface area contributed by atoms with Gasteiger partial charge >= 0.3 is 5.97 Å². The zero-order valence-corrected chi connectivity index (χ0v) is 9.21. The Morgan fingerprint density at radius 2 is 2.25 bits per heavy atom. The van der Waals surface area contributed by atoms with Crippen LogP contribution >= 0.6 is 0 Å². The maximum atomic E-state index is 10.8. The summed E-state index contributed by atoms with van der Waals surface area (Å²) in [4.78, 5) is 10.8. The number of aromatic nitrogens is 3. The number of hydrogen-bond acceptors (Lipinski definition) is 3. The lowest BCUT2D eigenvalue weighted by Crippen LogP contribution is -2.07. The van der Waals surface area contributed by atoms with Crippen molar-refractivity contribution < 1.29 is 9.90 Å². The van der Waals surface area contributed by atoms with Gasteiger partial charge in [-0.3, -0.25) is 4.79 Å². The number of rotatable bonds is 3. The largest absolute Gasteiger partial charge is 0.481 e. The van der Waals surface area contributed by atoms with E-state index < -0.39 is 5.97 Å². The smallest absolute Gasteiger partial charge is 0.307 e. The average molecular weight is 219 g/mol. The van der Waals surface area contributed by atoms with Gasteiger partial charge < -0.3 is 5.11 Å². The molecule has 0 aliphatic carbocycles. The second-order valence-electron chi connectivity index (χ2n) is 3.98. The van der Waals surface area contributed by atoms with Crippen LogP contribution in [0.3, 0.4) is 0 Å². The summed E-state index contributed by atoms with van der Waals surface area (Å²) in [5.41, 5.74) is 2.32. The van der Waals surface area contributed by atoms with Crippen LogP contribution in [-0.2, 0) is 11.2 Å². The fraction of sp³-hybridized carbons (Fsp3) is 0.364. The molecule has 0 spiro atoms.